The number of hydrogen-bond donors (Lipinski definition) is 2. The van der Waals surface area contributed by atoms with Crippen LogP contribution in [0.3, 0.4) is 0 Å². The van der Waals surface area contributed by atoms with Crippen molar-refractivity contribution in [2.45, 2.75) is 11.9 Å². The van der Waals surface area contributed by atoms with Gasteiger partial charge in [-0.2, -0.15) is 0 Å². The standard InChI is InChI=1S/C21H18N4O7S/c1-12-7-17(25-32-12)24-18(26)9-29-21(28)14-3-2-6-22-20(14)33-10-19(27)23-13-4-5-15-16(8-13)31-11-30-15/h2-8H,9-11H2,1H3,(H,23,27)(H,24,25,26). The highest BCUT2D eigenvalue weighted by molar-refractivity contribution is 8.00. The lowest BCUT2D eigenvalue weighted by Crippen LogP contribution is -2.21. The van der Waals surface area contributed by atoms with Crippen molar-refractivity contribution in [2.24, 2.45) is 0 Å². The van der Waals surface area contributed by atoms with E-state index in [9.17, 15) is 14.4 Å². The van der Waals surface area contributed by atoms with Crippen LogP contribution in [0.4, 0.5) is 11.5 Å². The van der Waals surface area contributed by atoms with E-state index in [1.54, 1.807) is 31.2 Å². The zero-order valence-electron chi connectivity index (χ0n) is 17.3. The van der Waals surface area contributed by atoms with Gasteiger partial charge in [0.2, 0.25) is 12.7 Å². The maximum absolute atomic E-state index is 12.5. The summed E-state index contributed by atoms with van der Waals surface area (Å²) in [5.74, 6) is 0.304. The van der Waals surface area contributed by atoms with Crippen molar-refractivity contribution >= 4 is 41.1 Å². The number of aryl methyl sites for hydroxylation is 1. The molecular weight excluding hydrogens is 452 g/mol. The van der Waals surface area contributed by atoms with Crippen molar-refractivity contribution in [3.8, 4) is 11.5 Å². The number of carbonyl (C=O) groups excluding carboxylic acids is 3. The van der Waals surface area contributed by atoms with Gasteiger partial charge in [0.1, 0.15) is 10.8 Å². The van der Waals surface area contributed by atoms with Crippen molar-refractivity contribution in [3.05, 3.63) is 53.9 Å². The predicted molar refractivity (Wildman–Crippen MR) is 116 cm³/mol. The Morgan fingerprint density at radius 1 is 1.09 bits per heavy atom. The zero-order chi connectivity index (χ0) is 23.2. The minimum Gasteiger partial charge on any atom is -0.454 e. The molecule has 11 nitrogen and oxygen atoms in total. The summed E-state index contributed by atoms with van der Waals surface area (Å²) in [5, 5.41) is 9.13. The monoisotopic (exact) mass is 470 g/mol. The molecule has 0 unspecified atom stereocenters. The first kappa shape index (κ1) is 22.1. The van der Waals surface area contributed by atoms with E-state index in [1.165, 1.54) is 18.3 Å². The van der Waals surface area contributed by atoms with Crippen LogP contribution in [0.1, 0.15) is 16.1 Å². The second-order valence-electron chi connectivity index (χ2n) is 6.71. The average Bonchev–Trinajstić information content (AvgIpc) is 3.44. The van der Waals surface area contributed by atoms with Crippen LogP contribution < -0.4 is 20.1 Å². The molecule has 0 fully saturated rings. The first-order chi connectivity index (χ1) is 16.0. The van der Waals surface area contributed by atoms with Gasteiger partial charge in [0.15, 0.2) is 23.9 Å². The van der Waals surface area contributed by atoms with E-state index in [1.807, 2.05) is 0 Å². The third-order valence-electron chi connectivity index (χ3n) is 4.22. The molecular formula is C21H18N4O7S. The molecule has 0 spiro atoms. The molecule has 33 heavy (non-hydrogen) atoms. The van der Waals surface area contributed by atoms with Crippen molar-refractivity contribution in [1.82, 2.24) is 10.1 Å². The second-order valence-corrected chi connectivity index (χ2v) is 7.67. The molecule has 2 aromatic heterocycles. The molecule has 0 saturated carbocycles. The van der Waals surface area contributed by atoms with Crippen LogP contribution in [0.15, 0.2) is 52.1 Å². The number of hydrogen-bond acceptors (Lipinski definition) is 10. The zero-order valence-corrected chi connectivity index (χ0v) is 18.1. The van der Waals surface area contributed by atoms with E-state index in [-0.39, 0.29) is 29.8 Å². The van der Waals surface area contributed by atoms with E-state index < -0.39 is 18.5 Å². The van der Waals surface area contributed by atoms with Gasteiger partial charge in [0.05, 0.1) is 11.3 Å². The molecule has 12 heteroatoms. The van der Waals surface area contributed by atoms with E-state index >= 15 is 0 Å². The fourth-order valence-electron chi connectivity index (χ4n) is 2.78. The smallest absolute Gasteiger partial charge is 0.341 e. The third-order valence-corrected chi connectivity index (χ3v) is 5.22. The molecule has 2 N–H and O–H groups in total. The Hall–Kier alpha value is -4.06. The number of rotatable bonds is 8. The Kier molecular flexibility index (Phi) is 6.74. The highest BCUT2D eigenvalue weighted by Crippen LogP contribution is 2.34. The molecule has 0 saturated heterocycles. The Labute approximate surface area is 191 Å². The summed E-state index contributed by atoms with van der Waals surface area (Å²) >= 11 is 1.06. The molecule has 0 radical (unpaired) electrons. The summed E-state index contributed by atoms with van der Waals surface area (Å²) in [5.41, 5.74) is 0.697. The van der Waals surface area contributed by atoms with Crippen LogP contribution in [-0.2, 0) is 14.3 Å². The summed E-state index contributed by atoms with van der Waals surface area (Å²) in [6, 6.07) is 9.67. The van der Waals surface area contributed by atoms with Crippen LogP contribution in [-0.4, -0.2) is 47.1 Å². The molecule has 170 valence electrons. The van der Waals surface area contributed by atoms with Crippen LogP contribution in [0, 0.1) is 6.92 Å². The highest BCUT2D eigenvalue weighted by atomic mass is 32.2. The Morgan fingerprint density at radius 3 is 2.76 bits per heavy atom. The van der Waals surface area contributed by atoms with Crippen molar-refractivity contribution in [3.63, 3.8) is 0 Å². The van der Waals surface area contributed by atoms with Crippen molar-refractivity contribution in [1.29, 1.82) is 0 Å². The third kappa shape index (κ3) is 5.80. The number of pyridine rings is 1. The first-order valence-corrected chi connectivity index (χ1v) is 10.6. The lowest BCUT2D eigenvalue weighted by atomic mass is 10.3. The van der Waals surface area contributed by atoms with Gasteiger partial charge in [-0.05, 0) is 31.2 Å². The number of thioether (sulfide) groups is 1. The van der Waals surface area contributed by atoms with Gasteiger partial charge in [-0.15, -0.1) is 0 Å². The van der Waals surface area contributed by atoms with E-state index in [0.29, 0.717) is 28.0 Å². The lowest BCUT2D eigenvalue weighted by Gasteiger charge is -2.09. The average molecular weight is 470 g/mol. The van der Waals surface area contributed by atoms with Crippen molar-refractivity contribution < 1.29 is 33.1 Å². The lowest BCUT2D eigenvalue weighted by molar-refractivity contribution is -0.119. The number of aromatic nitrogens is 2. The van der Waals surface area contributed by atoms with Crippen LogP contribution >= 0.6 is 11.8 Å². The van der Waals surface area contributed by atoms with E-state index in [2.05, 4.69) is 20.8 Å². The largest absolute Gasteiger partial charge is 0.454 e. The normalized spacial score (nSPS) is 11.7. The van der Waals surface area contributed by atoms with E-state index in [0.717, 1.165) is 11.8 Å². The van der Waals surface area contributed by atoms with E-state index in [4.69, 9.17) is 18.7 Å². The number of benzene rings is 1. The van der Waals surface area contributed by atoms with Crippen LogP contribution in [0.5, 0.6) is 11.5 Å². The summed E-state index contributed by atoms with van der Waals surface area (Å²) in [6.07, 6.45) is 1.49. The van der Waals surface area contributed by atoms with Gasteiger partial charge in [-0.25, -0.2) is 9.78 Å². The molecule has 0 atom stereocenters. The number of fused-ring (bicyclic) bond motifs is 1. The topological polar surface area (TPSA) is 142 Å². The Bertz CT molecular complexity index is 1200. The molecule has 2 amide bonds. The molecule has 3 aromatic rings. The molecule has 1 aliphatic rings. The predicted octanol–water partition coefficient (Wildman–Crippen LogP) is 2.63. The Balaban J connectivity index is 1.29. The number of nitrogens with zero attached hydrogens (tertiary/aromatic N) is 2. The minimum absolute atomic E-state index is 0.00225. The summed E-state index contributed by atoms with van der Waals surface area (Å²) in [6.45, 7) is 1.30. The highest BCUT2D eigenvalue weighted by Gasteiger charge is 2.18. The molecule has 0 aliphatic carbocycles. The molecule has 0 bridgehead atoms. The molecule has 4 rings (SSSR count). The summed E-state index contributed by atoms with van der Waals surface area (Å²) < 4.78 is 20.4. The second kappa shape index (κ2) is 10.0. The van der Waals surface area contributed by atoms with Crippen molar-refractivity contribution in [2.75, 3.05) is 29.8 Å². The van der Waals surface area contributed by atoms with Gasteiger partial charge in [-0.3, -0.25) is 9.59 Å². The fourth-order valence-corrected chi connectivity index (χ4v) is 3.56. The SMILES string of the molecule is Cc1cc(NC(=O)COC(=O)c2cccnc2SCC(=O)Nc2ccc3c(c2)OCO3)no1. The summed E-state index contributed by atoms with van der Waals surface area (Å²) in [7, 11) is 0. The first-order valence-electron chi connectivity index (χ1n) is 9.65. The molecule has 1 aromatic carbocycles. The van der Waals surface area contributed by atoms with Gasteiger partial charge in [0.25, 0.3) is 5.91 Å². The number of amides is 2. The number of esters is 1. The Morgan fingerprint density at radius 2 is 1.94 bits per heavy atom. The number of ether oxygens (including phenoxy) is 3. The van der Waals surface area contributed by atoms with Crippen LogP contribution in [0.25, 0.3) is 0 Å². The molecule has 1 aliphatic heterocycles. The van der Waals surface area contributed by atoms with Gasteiger partial charge in [0, 0.05) is 24.0 Å². The number of anilines is 2. The quantitative estimate of drug-likeness (QED) is 0.373. The fraction of sp³-hybridized carbons (Fsp3) is 0.190. The van der Waals surface area contributed by atoms with Gasteiger partial charge < -0.3 is 29.4 Å². The summed E-state index contributed by atoms with van der Waals surface area (Å²) in [4.78, 5) is 40.9. The number of carbonyl (C=O) groups is 3. The van der Waals surface area contributed by atoms with Gasteiger partial charge >= 0.3 is 5.97 Å². The minimum atomic E-state index is -0.742. The maximum Gasteiger partial charge on any atom is 0.341 e. The van der Waals surface area contributed by atoms with Gasteiger partial charge in [-0.1, -0.05) is 16.9 Å². The van der Waals surface area contributed by atoms with Crippen LogP contribution in [0.2, 0.25) is 0 Å². The molecule has 3 heterocycles. The number of nitrogens with one attached hydrogen (secondary N) is 2. The maximum atomic E-state index is 12.5.